The fraction of sp³-hybridized carbons (Fsp3) is 0.471. The Bertz CT molecular complexity index is 781. The Morgan fingerprint density at radius 3 is 2.83 bits per heavy atom. The van der Waals surface area contributed by atoms with E-state index in [4.69, 9.17) is 4.74 Å². The van der Waals surface area contributed by atoms with Gasteiger partial charge in [-0.05, 0) is 33.8 Å². The van der Waals surface area contributed by atoms with Crippen molar-refractivity contribution in [3.8, 4) is 0 Å². The molecule has 2 rings (SSSR count). The van der Waals surface area contributed by atoms with E-state index in [9.17, 15) is 9.59 Å². The van der Waals surface area contributed by atoms with Gasteiger partial charge in [-0.1, -0.05) is 0 Å². The summed E-state index contributed by atoms with van der Waals surface area (Å²) < 4.78 is 7.11. The Morgan fingerprint density at radius 1 is 1.42 bits per heavy atom. The number of amides is 1. The van der Waals surface area contributed by atoms with Gasteiger partial charge in [0.25, 0.3) is 0 Å². The van der Waals surface area contributed by atoms with Gasteiger partial charge < -0.3 is 14.6 Å². The molecule has 2 aromatic heterocycles. The summed E-state index contributed by atoms with van der Waals surface area (Å²) in [4.78, 5) is 28.9. The molecule has 0 radical (unpaired) electrons. The van der Waals surface area contributed by atoms with E-state index in [2.05, 4.69) is 10.3 Å². The van der Waals surface area contributed by atoms with Crippen LogP contribution in [0, 0.1) is 0 Å². The number of hydrogen-bond acceptors (Lipinski definition) is 5. The van der Waals surface area contributed by atoms with Crippen LogP contribution in [0.5, 0.6) is 0 Å². The van der Waals surface area contributed by atoms with Crippen LogP contribution in [-0.2, 0) is 11.3 Å². The lowest BCUT2D eigenvalue weighted by Crippen LogP contribution is -2.33. The van der Waals surface area contributed by atoms with Gasteiger partial charge in [0.2, 0.25) is 0 Å². The molecule has 2 aromatic rings. The predicted octanol–water partition coefficient (Wildman–Crippen LogP) is 3.03. The van der Waals surface area contributed by atoms with E-state index >= 15 is 0 Å². The van der Waals surface area contributed by atoms with Crippen LogP contribution in [0.1, 0.15) is 27.7 Å². The summed E-state index contributed by atoms with van der Waals surface area (Å²) in [6.45, 7) is 8.72. The minimum atomic E-state index is -0.501. The Kier molecular flexibility index (Phi) is 5.88. The van der Waals surface area contributed by atoms with Crippen LogP contribution in [-0.4, -0.2) is 33.5 Å². The number of ether oxygens (including phenoxy) is 1. The van der Waals surface area contributed by atoms with Crippen molar-refractivity contribution in [2.45, 2.75) is 44.7 Å². The van der Waals surface area contributed by atoms with Crippen LogP contribution in [0.2, 0.25) is 0 Å². The van der Waals surface area contributed by atoms with Gasteiger partial charge in [0.05, 0.1) is 5.39 Å². The lowest BCUT2D eigenvalue weighted by Gasteiger charge is -2.19. The van der Waals surface area contributed by atoms with Gasteiger partial charge in [0.1, 0.15) is 11.2 Å². The van der Waals surface area contributed by atoms with E-state index in [1.165, 1.54) is 11.8 Å². The summed E-state index contributed by atoms with van der Waals surface area (Å²) in [6.07, 6.45) is 3.09. The van der Waals surface area contributed by atoms with Gasteiger partial charge >= 0.3 is 6.09 Å². The maximum atomic E-state index is 12.0. The van der Waals surface area contributed by atoms with Crippen molar-refractivity contribution in [1.82, 2.24) is 14.9 Å². The second-order valence-electron chi connectivity index (χ2n) is 6.29. The van der Waals surface area contributed by atoms with Crippen LogP contribution in [0.3, 0.4) is 0 Å². The first-order chi connectivity index (χ1) is 11.3. The number of pyridine rings is 2. The highest BCUT2D eigenvalue weighted by Crippen LogP contribution is 2.19. The van der Waals surface area contributed by atoms with E-state index in [1.807, 2.05) is 38.3 Å². The van der Waals surface area contributed by atoms with Crippen molar-refractivity contribution >= 4 is 28.9 Å². The summed E-state index contributed by atoms with van der Waals surface area (Å²) in [5, 5.41) is 3.32. The molecule has 1 N–H and O–H groups in total. The molecule has 24 heavy (non-hydrogen) atoms. The predicted molar refractivity (Wildman–Crippen MR) is 96.6 cm³/mol. The third-order valence-electron chi connectivity index (χ3n) is 3.16. The average molecular weight is 349 g/mol. The van der Waals surface area contributed by atoms with Gasteiger partial charge in [0.15, 0.2) is 5.43 Å². The molecule has 6 nitrogen and oxygen atoms in total. The molecule has 0 spiro atoms. The molecule has 2 heterocycles. The first kappa shape index (κ1) is 18.3. The molecule has 0 saturated carbocycles. The highest BCUT2D eigenvalue weighted by molar-refractivity contribution is 7.99. The lowest BCUT2D eigenvalue weighted by molar-refractivity contribution is 0.0531. The standard InChI is InChI=1S/C17H23N3O3S/c1-5-20-8-6-14(21)13-10-12(11-19-15(13)20)24-9-7-18-16(22)23-17(2,3)4/h6,8,10-11H,5,7,9H2,1-4H3,(H,18,22). The minimum absolute atomic E-state index is 0.0310. The first-order valence-corrected chi connectivity index (χ1v) is 8.87. The number of aryl methyl sites for hydroxylation is 1. The number of carbonyl (C=O) groups is 1. The smallest absolute Gasteiger partial charge is 0.407 e. The molecular formula is C17H23N3O3S. The monoisotopic (exact) mass is 349 g/mol. The van der Waals surface area contributed by atoms with E-state index in [1.54, 1.807) is 18.5 Å². The number of aromatic nitrogens is 2. The number of rotatable bonds is 5. The summed E-state index contributed by atoms with van der Waals surface area (Å²) in [7, 11) is 0. The van der Waals surface area contributed by atoms with Crippen LogP contribution >= 0.6 is 11.8 Å². The van der Waals surface area contributed by atoms with Gasteiger partial charge in [-0.15, -0.1) is 11.8 Å². The Labute approximate surface area is 145 Å². The fourth-order valence-electron chi connectivity index (χ4n) is 2.14. The average Bonchev–Trinajstić information content (AvgIpc) is 2.50. The van der Waals surface area contributed by atoms with Crippen molar-refractivity contribution in [2.24, 2.45) is 0 Å². The molecule has 0 aromatic carbocycles. The van der Waals surface area contributed by atoms with Gasteiger partial charge in [0, 0.05) is 42.2 Å². The normalized spacial score (nSPS) is 11.5. The Hall–Kier alpha value is -2.02. The summed E-state index contributed by atoms with van der Waals surface area (Å²) in [5.41, 5.74) is 0.163. The molecule has 0 fully saturated rings. The summed E-state index contributed by atoms with van der Waals surface area (Å²) in [5.74, 6) is 0.668. The molecular weight excluding hydrogens is 326 g/mol. The fourth-order valence-corrected chi connectivity index (χ4v) is 2.91. The maximum absolute atomic E-state index is 12.0. The van der Waals surface area contributed by atoms with Gasteiger partial charge in [-0.25, -0.2) is 9.78 Å². The number of fused-ring (bicyclic) bond motifs is 1. The maximum Gasteiger partial charge on any atom is 0.407 e. The molecule has 1 amide bonds. The topological polar surface area (TPSA) is 73.2 Å². The van der Waals surface area contributed by atoms with Gasteiger partial charge in [-0.3, -0.25) is 4.79 Å². The molecule has 0 aliphatic carbocycles. The largest absolute Gasteiger partial charge is 0.444 e. The minimum Gasteiger partial charge on any atom is -0.444 e. The van der Waals surface area contributed by atoms with Crippen LogP contribution in [0.15, 0.2) is 34.2 Å². The molecule has 0 saturated heterocycles. The second kappa shape index (κ2) is 7.70. The highest BCUT2D eigenvalue weighted by atomic mass is 32.2. The quantitative estimate of drug-likeness (QED) is 0.663. The van der Waals surface area contributed by atoms with Gasteiger partial charge in [-0.2, -0.15) is 0 Å². The zero-order valence-electron chi connectivity index (χ0n) is 14.5. The van der Waals surface area contributed by atoms with Crippen molar-refractivity contribution in [2.75, 3.05) is 12.3 Å². The first-order valence-electron chi connectivity index (χ1n) is 7.89. The van der Waals surface area contributed by atoms with E-state index in [-0.39, 0.29) is 5.43 Å². The number of thioether (sulfide) groups is 1. The zero-order chi connectivity index (χ0) is 17.7. The Morgan fingerprint density at radius 2 is 2.17 bits per heavy atom. The number of nitrogens with one attached hydrogen (secondary N) is 1. The van der Waals surface area contributed by atoms with Crippen molar-refractivity contribution in [3.63, 3.8) is 0 Å². The second-order valence-corrected chi connectivity index (χ2v) is 7.45. The van der Waals surface area contributed by atoms with Crippen molar-refractivity contribution < 1.29 is 9.53 Å². The molecule has 0 atom stereocenters. The molecule has 0 unspecified atom stereocenters. The van der Waals surface area contributed by atoms with Crippen LogP contribution in [0.4, 0.5) is 4.79 Å². The third-order valence-corrected chi connectivity index (χ3v) is 4.13. The number of nitrogens with zero attached hydrogens (tertiary/aromatic N) is 2. The number of carbonyl (C=O) groups excluding carboxylic acids is 1. The van der Waals surface area contributed by atoms with Crippen molar-refractivity contribution in [1.29, 1.82) is 0 Å². The molecule has 130 valence electrons. The zero-order valence-corrected chi connectivity index (χ0v) is 15.3. The molecule has 0 bridgehead atoms. The molecule has 0 aliphatic heterocycles. The lowest BCUT2D eigenvalue weighted by atomic mass is 10.2. The third kappa shape index (κ3) is 4.99. The Balaban J connectivity index is 1.95. The number of hydrogen-bond donors (Lipinski definition) is 1. The number of alkyl carbamates (subject to hydrolysis) is 1. The van der Waals surface area contributed by atoms with Crippen LogP contribution < -0.4 is 10.7 Å². The summed E-state index contributed by atoms with van der Waals surface area (Å²) in [6, 6.07) is 3.42. The molecule has 7 heteroatoms. The van der Waals surface area contributed by atoms with E-state index in [0.29, 0.717) is 23.3 Å². The molecule has 0 aliphatic rings. The highest BCUT2D eigenvalue weighted by Gasteiger charge is 2.15. The van der Waals surface area contributed by atoms with Crippen molar-refractivity contribution in [3.05, 3.63) is 34.7 Å². The SMILES string of the molecule is CCn1ccc(=O)c2cc(SCCNC(=O)OC(C)(C)C)cnc21. The van der Waals surface area contributed by atoms with Crippen LogP contribution in [0.25, 0.3) is 11.0 Å². The summed E-state index contributed by atoms with van der Waals surface area (Å²) >= 11 is 1.54. The van der Waals surface area contributed by atoms with E-state index in [0.717, 1.165) is 11.4 Å². The van der Waals surface area contributed by atoms with E-state index < -0.39 is 11.7 Å².